The average Bonchev–Trinajstić information content (AvgIpc) is 2.26. The van der Waals surface area contributed by atoms with Gasteiger partial charge in [0.25, 0.3) is 11.5 Å². The first-order valence-electron chi connectivity index (χ1n) is 6.18. The number of amides is 1. The fourth-order valence-corrected chi connectivity index (χ4v) is 2.63. The van der Waals surface area contributed by atoms with Crippen molar-refractivity contribution in [2.45, 2.75) is 20.3 Å². The summed E-state index contributed by atoms with van der Waals surface area (Å²) >= 11 is 0. The van der Waals surface area contributed by atoms with Gasteiger partial charge in [-0.3, -0.25) is 9.59 Å². The first kappa shape index (κ1) is 12.7. The third-order valence-corrected chi connectivity index (χ3v) is 3.29. The monoisotopic (exact) mass is 250 g/mol. The number of nitrogens with one attached hydrogen (secondary N) is 1. The molecule has 1 aromatic heterocycles. The second-order valence-corrected chi connectivity index (χ2v) is 5.25. The van der Waals surface area contributed by atoms with Crippen molar-refractivity contribution in [3.8, 4) is 5.75 Å². The van der Waals surface area contributed by atoms with Crippen LogP contribution in [0, 0.1) is 11.8 Å². The minimum absolute atomic E-state index is 0.163. The molecule has 5 heteroatoms. The molecule has 18 heavy (non-hydrogen) atoms. The quantitative estimate of drug-likeness (QED) is 0.786. The molecule has 0 bridgehead atoms. The molecule has 2 atom stereocenters. The van der Waals surface area contributed by atoms with Crippen LogP contribution in [-0.4, -0.2) is 34.0 Å². The van der Waals surface area contributed by atoms with Crippen molar-refractivity contribution in [1.82, 2.24) is 9.88 Å². The molecule has 1 aromatic rings. The highest BCUT2D eigenvalue weighted by molar-refractivity contribution is 5.96. The summed E-state index contributed by atoms with van der Waals surface area (Å²) in [7, 11) is 0. The van der Waals surface area contributed by atoms with Crippen LogP contribution < -0.4 is 5.56 Å². The first-order chi connectivity index (χ1) is 8.47. The molecule has 2 N–H and O–H groups in total. The maximum Gasteiger partial charge on any atom is 0.259 e. The molecule has 1 saturated heterocycles. The van der Waals surface area contributed by atoms with Gasteiger partial charge in [0.1, 0.15) is 5.75 Å². The van der Waals surface area contributed by atoms with Gasteiger partial charge < -0.3 is 15.0 Å². The first-order valence-corrected chi connectivity index (χ1v) is 6.18. The van der Waals surface area contributed by atoms with Crippen LogP contribution in [0.15, 0.2) is 17.1 Å². The minimum Gasteiger partial charge on any atom is -0.507 e. The molecule has 1 aliphatic rings. The van der Waals surface area contributed by atoms with Gasteiger partial charge in [-0.05, 0) is 18.3 Å². The molecule has 0 radical (unpaired) electrons. The van der Waals surface area contributed by atoms with Gasteiger partial charge in [-0.1, -0.05) is 13.8 Å². The van der Waals surface area contributed by atoms with Crippen LogP contribution in [0.5, 0.6) is 5.75 Å². The Balaban J connectivity index is 2.22. The van der Waals surface area contributed by atoms with Gasteiger partial charge in [0.05, 0.1) is 5.56 Å². The number of aromatic nitrogens is 1. The Morgan fingerprint density at radius 2 is 2.00 bits per heavy atom. The second-order valence-electron chi connectivity index (χ2n) is 5.25. The van der Waals surface area contributed by atoms with E-state index in [2.05, 4.69) is 18.8 Å². The molecule has 2 heterocycles. The summed E-state index contributed by atoms with van der Waals surface area (Å²) in [5.41, 5.74) is -0.250. The smallest absolute Gasteiger partial charge is 0.259 e. The summed E-state index contributed by atoms with van der Waals surface area (Å²) < 4.78 is 0. The number of aromatic amines is 1. The molecular weight excluding hydrogens is 232 g/mol. The van der Waals surface area contributed by atoms with Crippen molar-refractivity contribution >= 4 is 5.91 Å². The predicted octanol–water partition coefficient (Wildman–Crippen LogP) is 1.20. The van der Waals surface area contributed by atoms with E-state index >= 15 is 0 Å². The van der Waals surface area contributed by atoms with E-state index in [1.54, 1.807) is 4.90 Å². The molecule has 1 amide bonds. The molecule has 0 saturated carbocycles. The lowest BCUT2D eigenvalue weighted by molar-refractivity contribution is 0.0619. The molecule has 1 aliphatic heterocycles. The van der Waals surface area contributed by atoms with E-state index in [4.69, 9.17) is 0 Å². The Bertz CT molecular complexity index is 499. The molecule has 98 valence electrons. The zero-order valence-corrected chi connectivity index (χ0v) is 10.6. The molecular formula is C13H18N2O3. The highest BCUT2D eigenvalue weighted by atomic mass is 16.3. The fourth-order valence-electron chi connectivity index (χ4n) is 2.63. The number of carbonyl (C=O) groups is 1. The molecule has 5 nitrogen and oxygen atoms in total. The number of pyridine rings is 1. The second kappa shape index (κ2) is 4.84. The van der Waals surface area contributed by atoms with E-state index < -0.39 is 5.56 Å². The SMILES string of the molecule is CC1CC(C)CN(C(=O)c2c[nH]c(=O)cc2O)C1. The zero-order valence-electron chi connectivity index (χ0n) is 10.6. The molecule has 2 unspecified atom stereocenters. The Labute approximate surface area is 105 Å². The van der Waals surface area contributed by atoms with Gasteiger partial charge in [-0.25, -0.2) is 0 Å². The van der Waals surface area contributed by atoms with Crippen molar-refractivity contribution in [3.05, 3.63) is 28.2 Å². The number of aromatic hydroxyl groups is 1. The van der Waals surface area contributed by atoms with Crippen LogP contribution in [0.1, 0.15) is 30.6 Å². The van der Waals surface area contributed by atoms with E-state index in [1.165, 1.54) is 6.20 Å². The van der Waals surface area contributed by atoms with Crippen LogP contribution in [0.2, 0.25) is 0 Å². The zero-order chi connectivity index (χ0) is 13.3. The molecule has 2 rings (SSSR count). The van der Waals surface area contributed by atoms with Crippen LogP contribution in [0.4, 0.5) is 0 Å². The summed E-state index contributed by atoms with van der Waals surface area (Å²) in [6.07, 6.45) is 2.39. The number of likely N-dealkylation sites (tertiary alicyclic amines) is 1. The summed E-state index contributed by atoms with van der Waals surface area (Å²) in [5.74, 6) is 0.446. The van der Waals surface area contributed by atoms with Crippen LogP contribution in [-0.2, 0) is 0 Å². The lowest BCUT2D eigenvalue weighted by Crippen LogP contribution is -2.42. The predicted molar refractivity (Wildman–Crippen MR) is 67.6 cm³/mol. The Morgan fingerprint density at radius 1 is 1.39 bits per heavy atom. The fraction of sp³-hybridized carbons (Fsp3) is 0.538. The van der Waals surface area contributed by atoms with Gasteiger partial charge in [0.2, 0.25) is 0 Å². The van der Waals surface area contributed by atoms with Crippen molar-refractivity contribution in [2.75, 3.05) is 13.1 Å². The summed E-state index contributed by atoms with van der Waals surface area (Å²) in [6, 6.07) is 1.03. The number of hydrogen-bond donors (Lipinski definition) is 2. The van der Waals surface area contributed by atoms with E-state index in [0.717, 1.165) is 12.5 Å². The largest absolute Gasteiger partial charge is 0.507 e. The van der Waals surface area contributed by atoms with E-state index in [1.807, 2.05) is 0 Å². The van der Waals surface area contributed by atoms with Crippen LogP contribution >= 0.6 is 0 Å². The maximum atomic E-state index is 12.3. The van der Waals surface area contributed by atoms with Crippen molar-refractivity contribution in [2.24, 2.45) is 11.8 Å². The molecule has 0 aliphatic carbocycles. The third-order valence-electron chi connectivity index (χ3n) is 3.29. The molecule has 0 spiro atoms. The Hall–Kier alpha value is -1.78. The summed E-state index contributed by atoms with van der Waals surface area (Å²) in [4.78, 5) is 27.4. The van der Waals surface area contributed by atoms with Crippen LogP contribution in [0.3, 0.4) is 0 Å². The average molecular weight is 250 g/mol. The molecule has 0 aromatic carbocycles. The number of nitrogens with zero attached hydrogens (tertiary/aromatic N) is 1. The third kappa shape index (κ3) is 2.55. The van der Waals surface area contributed by atoms with Crippen molar-refractivity contribution < 1.29 is 9.90 Å². The van der Waals surface area contributed by atoms with E-state index in [0.29, 0.717) is 24.9 Å². The topological polar surface area (TPSA) is 73.4 Å². The highest BCUT2D eigenvalue weighted by Gasteiger charge is 2.27. The lowest BCUT2D eigenvalue weighted by atomic mass is 9.91. The standard InChI is InChI=1S/C13H18N2O3/c1-8-3-9(2)7-15(6-8)13(18)10-5-14-12(17)4-11(10)16/h4-5,8-9H,3,6-7H2,1-2H3,(H2,14,16,17). The highest BCUT2D eigenvalue weighted by Crippen LogP contribution is 2.24. The van der Waals surface area contributed by atoms with Crippen LogP contribution in [0.25, 0.3) is 0 Å². The number of H-pyrrole nitrogens is 1. The number of rotatable bonds is 1. The van der Waals surface area contributed by atoms with E-state index in [-0.39, 0.29) is 17.2 Å². The normalized spacial score (nSPS) is 24.0. The Kier molecular flexibility index (Phi) is 3.41. The van der Waals surface area contributed by atoms with Gasteiger partial charge in [0, 0.05) is 25.4 Å². The van der Waals surface area contributed by atoms with Gasteiger partial charge >= 0.3 is 0 Å². The van der Waals surface area contributed by atoms with Crippen molar-refractivity contribution in [1.29, 1.82) is 0 Å². The summed E-state index contributed by atoms with van der Waals surface area (Å²) in [5, 5.41) is 9.66. The molecule has 1 fully saturated rings. The number of carbonyl (C=O) groups excluding carboxylic acids is 1. The van der Waals surface area contributed by atoms with Gasteiger partial charge in [0.15, 0.2) is 0 Å². The van der Waals surface area contributed by atoms with Gasteiger partial charge in [-0.2, -0.15) is 0 Å². The Morgan fingerprint density at radius 3 is 2.56 bits per heavy atom. The lowest BCUT2D eigenvalue weighted by Gasteiger charge is -2.35. The maximum absolute atomic E-state index is 12.3. The number of hydrogen-bond acceptors (Lipinski definition) is 3. The van der Waals surface area contributed by atoms with Crippen molar-refractivity contribution in [3.63, 3.8) is 0 Å². The minimum atomic E-state index is -0.413. The summed E-state index contributed by atoms with van der Waals surface area (Å²) in [6.45, 7) is 5.62. The number of piperidine rings is 1. The van der Waals surface area contributed by atoms with E-state index in [9.17, 15) is 14.7 Å². The van der Waals surface area contributed by atoms with Gasteiger partial charge in [-0.15, -0.1) is 0 Å².